The molecule has 0 aliphatic carbocycles. The molecule has 258 valence electrons. The summed E-state index contributed by atoms with van der Waals surface area (Å²) < 4.78 is 10.8. The highest BCUT2D eigenvalue weighted by atomic mass is 16.6. The molecular formula is C39H73NO4. The fraction of sp³-hybridized carbons (Fsp3) is 0.846. The van der Waals surface area contributed by atoms with Crippen LogP contribution in [0.1, 0.15) is 194 Å². The van der Waals surface area contributed by atoms with Gasteiger partial charge in [-0.25, -0.2) is 0 Å². The van der Waals surface area contributed by atoms with Gasteiger partial charge in [-0.3, -0.25) is 9.59 Å². The summed E-state index contributed by atoms with van der Waals surface area (Å²) in [6.07, 6.45) is 41.6. The van der Waals surface area contributed by atoms with Gasteiger partial charge in [0.15, 0.2) is 0 Å². The third-order valence-electron chi connectivity index (χ3n) is 8.28. The van der Waals surface area contributed by atoms with Gasteiger partial charge in [0, 0.05) is 19.4 Å². The van der Waals surface area contributed by atoms with E-state index in [1.165, 1.54) is 116 Å². The van der Waals surface area contributed by atoms with Gasteiger partial charge in [-0.2, -0.15) is 0 Å². The normalized spacial score (nSPS) is 12.3. The number of nitrogens with two attached hydrogens (primary N) is 1. The van der Waals surface area contributed by atoms with Crippen LogP contribution in [0.15, 0.2) is 24.3 Å². The molecular weight excluding hydrogens is 546 g/mol. The number of allylic oxidation sites excluding steroid dienone is 4. The first kappa shape index (κ1) is 42.4. The van der Waals surface area contributed by atoms with Gasteiger partial charge >= 0.3 is 11.9 Å². The zero-order valence-electron chi connectivity index (χ0n) is 29.3. The molecule has 1 atom stereocenters. The minimum Gasteiger partial charge on any atom is -0.462 e. The molecule has 44 heavy (non-hydrogen) atoms. The maximum absolute atomic E-state index is 12.2. The second-order valence-corrected chi connectivity index (χ2v) is 12.7. The van der Waals surface area contributed by atoms with Crippen LogP contribution in [0.4, 0.5) is 0 Å². The fourth-order valence-corrected chi connectivity index (χ4v) is 5.33. The molecule has 0 saturated heterocycles. The minimum absolute atomic E-state index is 0.0541. The van der Waals surface area contributed by atoms with Crippen molar-refractivity contribution in [3.05, 3.63) is 24.3 Å². The van der Waals surface area contributed by atoms with E-state index in [0.29, 0.717) is 12.8 Å². The van der Waals surface area contributed by atoms with Crippen molar-refractivity contribution in [2.45, 2.75) is 200 Å². The number of hydrogen-bond donors (Lipinski definition) is 1. The van der Waals surface area contributed by atoms with Crippen molar-refractivity contribution in [3.63, 3.8) is 0 Å². The van der Waals surface area contributed by atoms with E-state index in [9.17, 15) is 9.59 Å². The third-order valence-corrected chi connectivity index (χ3v) is 8.28. The Morgan fingerprint density at radius 2 is 0.841 bits per heavy atom. The van der Waals surface area contributed by atoms with Crippen molar-refractivity contribution in [3.8, 4) is 0 Å². The van der Waals surface area contributed by atoms with Crippen molar-refractivity contribution in [2.75, 3.05) is 13.2 Å². The van der Waals surface area contributed by atoms with E-state index in [0.717, 1.165) is 51.4 Å². The maximum Gasteiger partial charge on any atom is 0.306 e. The van der Waals surface area contributed by atoms with E-state index in [4.69, 9.17) is 15.2 Å². The molecule has 0 aromatic heterocycles. The van der Waals surface area contributed by atoms with E-state index in [-0.39, 0.29) is 25.1 Å². The van der Waals surface area contributed by atoms with Crippen LogP contribution >= 0.6 is 0 Å². The smallest absolute Gasteiger partial charge is 0.306 e. The van der Waals surface area contributed by atoms with Crippen molar-refractivity contribution in [2.24, 2.45) is 5.73 Å². The van der Waals surface area contributed by atoms with Crippen molar-refractivity contribution >= 4 is 11.9 Å². The number of ether oxygens (including phenoxy) is 2. The van der Waals surface area contributed by atoms with E-state index in [1.807, 2.05) is 0 Å². The van der Waals surface area contributed by atoms with Gasteiger partial charge in [0.2, 0.25) is 0 Å². The Bertz CT molecular complexity index is 675. The van der Waals surface area contributed by atoms with Gasteiger partial charge in [0.05, 0.1) is 0 Å². The lowest BCUT2D eigenvalue weighted by Crippen LogP contribution is -2.32. The number of carbonyl (C=O) groups is 2. The van der Waals surface area contributed by atoms with Crippen molar-refractivity contribution < 1.29 is 19.1 Å². The summed E-state index contributed by atoms with van der Waals surface area (Å²) in [5.74, 6) is -0.472. The molecule has 0 amide bonds. The predicted octanol–water partition coefficient (Wildman–Crippen LogP) is 11.5. The predicted molar refractivity (Wildman–Crippen MR) is 189 cm³/mol. The number of rotatable bonds is 34. The lowest BCUT2D eigenvalue weighted by atomic mass is 10.1. The standard InChI is InChI=1S/C39H73NO4/c1-3-5-7-9-11-13-15-17-19-21-23-25-27-29-31-33-38(41)43-36-37(35-40)44-39(42)34-32-30-28-26-24-22-20-18-16-14-12-10-8-6-4-2/h17-20,37H,3-16,21-36,40H2,1-2H3/b19-17-,20-18-. The molecule has 0 heterocycles. The first-order valence-corrected chi connectivity index (χ1v) is 19.0. The largest absolute Gasteiger partial charge is 0.462 e. The average Bonchev–Trinajstić information content (AvgIpc) is 3.02. The first-order valence-electron chi connectivity index (χ1n) is 19.0. The quantitative estimate of drug-likeness (QED) is 0.0440. The molecule has 0 aliphatic rings. The van der Waals surface area contributed by atoms with Crippen molar-refractivity contribution in [1.29, 1.82) is 0 Å². The van der Waals surface area contributed by atoms with E-state index >= 15 is 0 Å². The van der Waals surface area contributed by atoms with Gasteiger partial charge in [-0.1, -0.05) is 141 Å². The Morgan fingerprint density at radius 1 is 0.500 bits per heavy atom. The summed E-state index contributed by atoms with van der Waals surface area (Å²) in [6.45, 7) is 4.74. The molecule has 0 aliphatic heterocycles. The number of unbranched alkanes of at least 4 members (excludes halogenated alkanes) is 22. The van der Waals surface area contributed by atoms with Crippen LogP contribution in [0, 0.1) is 0 Å². The molecule has 0 radical (unpaired) electrons. The summed E-state index contributed by atoms with van der Waals surface area (Å²) in [7, 11) is 0. The Kier molecular flexibility index (Phi) is 34.5. The summed E-state index contributed by atoms with van der Waals surface area (Å²) in [5, 5.41) is 0. The SMILES string of the molecule is CCCCCCCC/C=C\CCCCCCCC(=O)OCC(CN)OC(=O)CCCCCCC/C=C\CCCCCCCC. The van der Waals surface area contributed by atoms with E-state index < -0.39 is 6.10 Å². The number of carbonyl (C=O) groups excluding carboxylic acids is 2. The van der Waals surface area contributed by atoms with E-state index in [1.54, 1.807) is 0 Å². The van der Waals surface area contributed by atoms with Gasteiger partial charge in [-0.05, 0) is 64.2 Å². The van der Waals surface area contributed by atoms with Crippen LogP contribution in [0.5, 0.6) is 0 Å². The molecule has 5 nitrogen and oxygen atoms in total. The Morgan fingerprint density at radius 3 is 1.23 bits per heavy atom. The van der Waals surface area contributed by atoms with Crippen LogP contribution in [-0.4, -0.2) is 31.2 Å². The highest BCUT2D eigenvalue weighted by molar-refractivity contribution is 5.70. The summed E-state index contributed by atoms with van der Waals surface area (Å²) in [6, 6.07) is 0. The minimum atomic E-state index is -0.552. The summed E-state index contributed by atoms with van der Waals surface area (Å²) >= 11 is 0. The van der Waals surface area contributed by atoms with Crippen LogP contribution in [0.2, 0.25) is 0 Å². The topological polar surface area (TPSA) is 78.6 Å². The fourth-order valence-electron chi connectivity index (χ4n) is 5.33. The molecule has 0 bridgehead atoms. The lowest BCUT2D eigenvalue weighted by Gasteiger charge is -2.16. The van der Waals surface area contributed by atoms with Gasteiger partial charge in [-0.15, -0.1) is 0 Å². The molecule has 2 N–H and O–H groups in total. The second kappa shape index (κ2) is 35.9. The molecule has 0 aromatic carbocycles. The molecule has 1 unspecified atom stereocenters. The molecule has 5 heteroatoms. The molecule has 0 saturated carbocycles. The van der Waals surface area contributed by atoms with Crippen LogP contribution in [-0.2, 0) is 19.1 Å². The number of esters is 2. The maximum atomic E-state index is 12.2. The zero-order valence-corrected chi connectivity index (χ0v) is 29.3. The second-order valence-electron chi connectivity index (χ2n) is 12.7. The van der Waals surface area contributed by atoms with Gasteiger partial charge < -0.3 is 15.2 Å². The van der Waals surface area contributed by atoms with Gasteiger partial charge in [0.1, 0.15) is 12.7 Å². The summed E-state index contributed by atoms with van der Waals surface area (Å²) in [5.41, 5.74) is 5.75. The zero-order chi connectivity index (χ0) is 32.2. The average molecular weight is 620 g/mol. The van der Waals surface area contributed by atoms with Crippen LogP contribution < -0.4 is 5.73 Å². The molecule has 0 rings (SSSR count). The monoisotopic (exact) mass is 620 g/mol. The lowest BCUT2D eigenvalue weighted by molar-refractivity contribution is -0.158. The van der Waals surface area contributed by atoms with Crippen molar-refractivity contribution in [1.82, 2.24) is 0 Å². The Hall–Kier alpha value is -1.62. The van der Waals surface area contributed by atoms with Crippen LogP contribution in [0.25, 0.3) is 0 Å². The Balaban J connectivity index is 3.58. The highest BCUT2D eigenvalue weighted by Crippen LogP contribution is 2.12. The third kappa shape index (κ3) is 33.3. The number of hydrogen-bond acceptors (Lipinski definition) is 5. The van der Waals surface area contributed by atoms with Gasteiger partial charge in [0.25, 0.3) is 0 Å². The molecule has 0 fully saturated rings. The molecule has 0 spiro atoms. The van der Waals surface area contributed by atoms with Crippen LogP contribution in [0.3, 0.4) is 0 Å². The highest BCUT2D eigenvalue weighted by Gasteiger charge is 2.15. The first-order chi connectivity index (χ1) is 21.6. The Labute approximate surface area is 273 Å². The van der Waals surface area contributed by atoms with E-state index in [2.05, 4.69) is 38.2 Å². The summed E-state index contributed by atoms with van der Waals surface area (Å²) in [4.78, 5) is 24.3. The molecule has 0 aromatic rings.